The molecule has 0 N–H and O–H groups in total. The van der Waals surface area contributed by atoms with Crippen molar-refractivity contribution in [1.82, 2.24) is 20.0 Å². The van der Waals surface area contributed by atoms with Crippen LogP contribution in [0, 0.1) is 11.3 Å². The van der Waals surface area contributed by atoms with E-state index in [1.165, 1.54) is 12.4 Å². The van der Waals surface area contributed by atoms with Gasteiger partial charge in [0.2, 0.25) is 0 Å². The van der Waals surface area contributed by atoms with E-state index in [4.69, 9.17) is 5.26 Å². The lowest BCUT2D eigenvalue weighted by atomic mass is 10.0. The third-order valence-corrected chi connectivity index (χ3v) is 3.46. The monoisotopic (exact) mass is 259 g/mol. The number of hydrogen-bond donors (Lipinski definition) is 0. The van der Waals surface area contributed by atoms with Gasteiger partial charge in [-0.15, -0.1) is 0 Å². The van der Waals surface area contributed by atoms with E-state index in [2.05, 4.69) is 21.2 Å². The number of carbonyl (C=O) groups excluding carboxylic acids is 1. The minimum Gasteiger partial charge on any atom is -0.336 e. The summed E-state index contributed by atoms with van der Waals surface area (Å²) < 4.78 is 0. The number of amides is 1. The lowest BCUT2D eigenvalue weighted by Gasteiger charge is -2.40. The third-order valence-electron chi connectivity index (χ3n) is 3.46. The molecular formula is C13H17N5O. The van der Waals surface area contributed by atoms with E-state index in [1.54, 1.807) is 11.0 Å². The number of hydrogen-bond acceptors (Lipinski definition) is 5. The van der Waals surface area contributed by atoms with Crippen molar-refractivity contribution in [1.29, 1.82) is 5.26 Å². The van der Waals surface area contributed by atoms with Crippen LogP contribution in [0.15, 0.2) is 18.5 Å². The Labute approximate surface area is 112 Å². The van der Waals surface area contributed by atoms with Crippen LogP contribution in [0.1, 0.15) is 24.2 Å². The molecule has 0 spiro atoms. The summed E-state index contributed by atoms with van der Waals surface area (Å²) in [5.74, 6) is -0.0238. The summed E-state index contributed by atoms with van der Waals surface area (Å²) in [5.41, 5.74) is 0.0795. The van der Waals surface area contributed by atoms with Gasteiger partial charge in [-0.05, 0) is 19.9 Å². The second kappa shape index (κ2) is 5.33. The molecule has 0 bridgehead atoms. The van der Waals surface area contributed by atoms with Crippen molar-refractivity contribution >= 4 is 5.91 Å². The summed E-state index contributed by atoms with van der Waals surface area (Å²) >= 11 is 0. The van der Waals surface area contributed by atoms with Gasteiger partial charge in [0, 0.05) is 26.2 Å². The Bertz CT molecular complexity index is 486. The molecule has 0 aromatic carbocycles. The third kappa shape index (κ3) is 2.88. The van der Waals surface area contributed by atoms with E-state index in [0.29, 0.717) is 31.7 Å². The van der Waals surface area contributed by atoms with Crippen LogP contribution in [0.2, 0.25) is 0 Å². The molecule has 2 rings (SSSR count). The standard InChI is InChI=1S/C13H17N5O/c1-13(2,10-14)18-7-5-17(6-8-18)12(19)11-3-4-15-16-9-11/h3-4,9H,5-8H2,1-2H3. The first kappa shape index (κ1) is 13.4. The van der Waals surface area contributed by atoms with E-state index < -0.39 is 5.54 Å². The average molecular weight is 259 g/mol. The largest absolute Gasteiger partial charge is 0.336 e. The molecule has 1 amide bonds. The molecular weight excluding hydrogens is 242 g/mol. The van der Waals surface area contributed by atoms with Crippen molar-refractivity contribution in [2.45, 2.75) is 19.4 Å². The highest BCUT2D eigenvalue weighted by atomic mass is 16.2. The number of rotatable bonds is 2. The van der Waals surface area contributed by atoms with Crippen molar-refractivity contribution in [3.05, 3.63) is 24.0 Å². The molecule has 0 radical (unpaired) electrons. The molecule has 0 aliphatic carbocycles. The summed E-state index contributed by atoms with van der Waals surface area (Å²) in [7, 11) is 0. The maximum atomic E-state index is 12.2. The van der Waals surface area contributed by atoms with Gasteiger partial charge < -0.3 is 4.90 Å². The molecule has 19 heavy (non-hydrogen) atoms. The number of nitrogens with zero attached hydrogens (tertiary/aromatic N) is 5. The maximum Gasteiger partial charge on any atom is 0.255 e. The SMILES string of the molecule is CC(C)(C#N)N1CCN(C(=O)c2ccnnc2)CC1. The molecule has 2 heterocycles. The minimum atomic E-state index is -0.479. The Morgan fingerprint density at radius 1 is 1.32 bits per heavy atom. The van der Waals surface area contributed by atoms with Gasteiger partial charge in [0.15, 0.2) is 0 Å². The highest BCUT2D eigenvalue weighted by Crippen LogP contribution is 2.16. The van der Waals surface area contributed by atoms with E-state index in [1.807, 2.05) is 13.8 Å². The first-order chi connectivity index (χ1) is 9.04. The van der Waals surface area contributed by atoms with Crippen LogP contribution in [0.25, 0.3) is 0 Å². The molecule has 1 aliphatic rings. The molecule has 6 nitrogen and oxygen atoms in total. The molecule has 0 unspecified atom stereocenters. The average Bonchev–Trinajstić information content (AvgIpc) is 2.47. The number of piperazine rings is 1. The second-order valence-corrected chi connectivity index (χ2v) is 5.08. The summed E-state index contributed by atoms with van der Waals surface area (Å²) in [6.45, 7) is 6.49. The van der Waals surface area contributed by atoms with Crippen LogP contribution < -0.4 is 0 Å². The molecule has 1 aromatic heterocycles. The number of nitriles is 1. The molecule has 1 aliphatic heterocycles. The zero-order chi connectivity index (χ0) is 13.9. The quantitative estimate of drug-likeness (QED) is 0.775. The number of aromatic nitrogens is 2. The van der Waals surface area contributed by atoms with Gasteiger partial charge in [-0.1, -0.05) is 0 Å². The summed E-state index contributed by atoms with van der Waals surface area (Å²) in [6.07, 6.45) is 3.00. The van der Waals surface area contributed by atoms with Crippen LogP contribution in [-0.2, 0) is 0 Å². The Balaban J connectivity index is 1.98. The fourth-order valence-electron chi connectivity index (χ4n) is 2.14. The maximum absolute atomic E-state index is 12.2. The lowest BCUT2D eigenvalue weighted by Crippen LogP contribution is -2.55. The van der Waals surface area contributed by atoms with Crippen molar-refractivity contribution in [3.8, 4) is 6.07 Å². The van der Waals surface area contributed by atoms with Crippen LogP contribution in [0.5, 0.6) is 0 Å². The van der Waals surface area contributed by atoms with Gasteiger partial charge in [0.25, 0.3) is 5.91 Å². The smallest absolute Gasteiger partial charge is 0.255 e. The fraction of sp³-hybridized carbons (Fsp3) is 0.538. The minimum absolute atomic E-state index is 0.0238. The zero-order valence-corrected chi connectivity index (χ0v) is 11.2. The topological polar surface area (TPSA) is 73.1 Å². The molecule has 1 aromatic rings. The highest BCUT2D eigenvalue weighted by Gasteiger charge is 2.31. The van der Waals surface area contributed by atoms with Crippen molar-refractivity contribution in [3.63, 3.8) is 0 Å². The van der Waals surface area contributed by atoms with E-state index >= 15 is 0 Å². The predicted molar refractivity (Wildman–Crippen MR) is 69.2 cm³/mol. The van der Waals surface area contributed by atoms with Gasteiger partial charge in [-0.2, -0.15) is 15.5 Å². The van der Waals surface area contributed by atoms with Crippen molar-refractivity contribution in [2.24, 2.45) is 0 Å². The van der Waals surface area contributed by atoms with Gasteiger partial charge >= 0.3 is 0 Å². The van der Waals surface area contributed by atoms with Gasteiger partial charge in [0.05, 0.1) is 24.0 Å². The van der Waals surface area contributed by atoms with Gasteiger partial charge in [-0.25, -0.2) is 0 Å². The van der Waals surface area contributed by atoms with E-state index in [-0.39, 0.29) is 5.91 Å². The molecule has 6 heteroatoms. The predicted octanol–water partition coefficient (Wildman–Crippen LogP) is 0.537. The molecule has 1 saturated heterocycles. The second-order valence-electron chi connectivity index (χ2n) is 5.08. The van der Waals surface area contributed by atoms with Gasteiger partial charge in [0.1, 0.15) is 5.54 Å². The fourth-order valence-corrected chi connectivity index (χ4v) is 2.14. The van der Waals surface area contributed by atoms with Crippen LogP contribution in [0.4, 0.5) is 0 Å². The molecule has 1 fully saturated rings. The number of carbonyl (C=O) groups is 1. The lowest BCUT2D eigenvalue weighted by molar-refractivity contribution is 0.0520. The van der Waals surface area contributed by atoms with E-state index in [0.717, 1.165) is 0 Å². The van der Waals surface area contributed by atoms with Crippen LogP contribution in [-0.4, -0.2) is 57.6 Å². The summed E-state index contributed by atoms with van der Waals surface area (Å²) in [5, 5.41) is 16.5. The summed E-state index contributed by atoms with van der Waals surface area (Å²) in [4.78, 5) is 16.1. The molecule has 100 valence electrons. The Morgan fingerprint density at radius 3 is 2.53 bits per heavy atom. The van der Waals surface area contributed by atoms with Gasteiger partial charge in [-0.3, -0.25) is 9.69 Å². The normalized spacial score (nSPS) is 17.0. The first-order valence-corrected chi connectivity index (χ1v) is 6.27. The molecule has 0 atom stereocenters. The van der Waals surface area contributed by atoms with Crippen molar-refractivity contribution in [2.75, 3.05) is 26.2 Å². The highest BCUT2D eigenvalue weighted by molar-refractivity contribution is 5.93. The van der Waals surface area contributed by atoms with Crippen LogP contribution >= 0.6 is 0 Å². The van der Waals surface area contributed by atoms with Crippen molar-refractivity contribution < 1.29 is 4.79 Å². The zero-order valence-electron chi connectivity index (χ0n) is 11.2. The van der Waals surface area contributed by atoms with Crippen LogP contribution in [0.3, 0.4) is 0 Å². The Kier molecular flexibility index (Phi) is 3.76. The molecule has 0 saturated carbocycles. The summed E-state index contributed by atoms with van der Waals surface area (Å²) in [6, 6.07) is 3.96. The van der Waals surface area contributed by atoms with E-state index in [9.17, 15) is 4.79 Å². The Hall–Kier alpha value is -2.00. The first-order valence-electron chi connectivity index (χ1n) is 6.27. The Morgan fingerprint density at radius 2 is 2.00 bits per heavy atom.